The molecule has 1 heterocycles. The lowest BCUT2D eigenvalue weighted by Gasteiger charge is -2.14. The molecule has 0 aromatic heterocycles. The number of benzene rings is 2. The molecule has 1 fully saturated rings. The summed E-state index contributed by atoms with van der Waals surface area (Å²) in [6.07, 6.45) is 1.51. The van der Waals surface area contributed by atoms with Crippen LogP contribution in [0, 0.1) is 0 Å². The van der Waals surface area contributed by atoms with Crippen molar-refractivity contribution in [1.82, 2.24) is 4.90 Å². The lowest BCUT2D eigenvalue weighted by molar-refractivity contribution is -0.143. The van der Waals surface area contributed by atoms with Crippen LogP contribution in [0.15, 0.2) is 45.8 Å². The van der Waals surface area contributed by atoms with E-state index in [1.807, 2.05) is 0 Å². The Morgan fingerprint density at radius 1 is 1.11 bits per heavy atom. The number of rotatable bonds is 10. The van der Waals surface area contributed by atoms with Crippen molar-refractivity contribution in [2.75, 3.05) is 39.3 Å². The van der Waals surface area contributed by atoms with E-state index in [1.165, 1.54) is 20.3 Å². The fraction of sp³-hybridized carbons (Fsp3) is 0.250. The average molecular weight is 579 g/mol. The van der Waals surface area contributed by atoms with Crippen LogP contribution in [0.1, 0.15) is 12.5 Å². The van der Waals surface area contributed by atoms with Gasteiger partial charge in [0.2, 0.25) is 5.91 Å². The Labute approximate surface area is 220 Å². The van der Waals surface area contributed by atoms with Crippen LogP contribution < -0.4 is 19.5 Å². The molecule has 3 amide bonds. The van der Waals surface area contributed by atoms with E-state index in [0.29, 0.717) is 39.6 Å². The number of methoxy groups -OCH3 is 2. The number of anilines is 1. The molecule has 0 atom stereocenters. The minimum atomic E-state index is -0.597. The Bertz CT molecular complexity index is 1220. The minimum Gasteiger partial charge on any atom is -0.495 e. The van der Waals surface area contributed by atoms with Gasteiger partial charge in [-0.15, -0.1) is 0 Å². The van der Waals surface area contributed by atoms with E-state index in [9.17, 15) is 19.2 Å². The number of esters is 1. The Morgan fingerprint density at radius 3 is 2.56 bits per heavy atom. The quantitative estimate of drug-likeness (QED) is 0.328. The number of para-hydroxylation sites is 2. The number of hydrogen-bond acceptors (Lipinski definition) is 9. The molecule has 3 rings (SSSR count). The van der Waals surface area contributed by atoms with Crippen molar-refractivity contribution in [2.45, 2.75) is 6.92 Å². The van der Waals surface area contributed by atoms with E-state index >= 15 is 0 Å². The van der Waals surface area contributed by atoms with Gasteiger partial charge in [0, 0.05) is 0 Å². The topological polar surface area (TPSA) is 120 Å². The zero-order valence-corrected chi connectivity index (χ0v) is 22.1. The van der Waals surface area contributed by atoms with Crippen LogP contribution in [0.3, 0.4) is 0 Å². The molecule has 10 nitrogen and oxygen atoms in total. The summed E-state index contributed by atoms with van der Waals surface area (Å²) in [7, 11) is 2.72. The molecule has 0 unspecified atom stereocenters. The normalized spacial score (nSPS) is 14.1. The first-order valence-electron chi connectivity index (χ1n) is 10.6. The third-order valence-electron chi connectivity index (χ3n) is 4.75. The molecule has 1 aliphatic rings. The number of imide groups is 1. The molecule has 0 bridgehead atoms. The van der Waals surface area contributed by atoms with Crippen LogP contribution in [0.5, 0.6) is 17.2 Å². The van der Waals surface area contributed by atoms with Gasteiger partial charge in [-0.25, -0.2) is 4.79 Å². The standard InChI is InChI=1S/C24H23BrN2O8S/c1-4-34-18-10-14(9-15(25)22(18)35-13-21(29)33-3)11-19-23(30)27(24(31)36-19)12-20(28)26-16-7-5-6-8-17(16)32-2/h5-11H,4,12-13H2,1-3H3,(H,26,28)/b19-11-. The number of thioether (sulfide) groups is 1. The number of nitrogens with one attached hydrogen (secondary N) is 1. The van der Waals surface area contributed by atoms with Gasteiger partial charge in [-0.1, -0.05) is 12.1 Å². The van der Waals surface area contributed by atoms with Crippen molar-refractivity contribution >= 4 is 62.5 Å². The van der Waals surface area contributed by atoms with Crippen LogP contribution in [0.2, 0.25) is 0 Å². The van der Waals surface area contributed by atoms with Gasteiger partial charge >= 0.3 is 5.97 Å². The summed E-state index contributed by atoms with van der Waals surface area (Å²) in [5.41, 5.74) is 0.968. The van der Waals surface area contributed by atoms with Gasteiger partial charge in [-0.3, -0.25) is 19.3 Å². The van der Waals surface area contributed by atoms with Crippen LogP contribution in [-0.4, -0.2) is 61.9 Å². The summed E-state index contributed by atoms with van der Waals surface area (Å²) < 4.78 is 21.4. The van der Waals surface area contributed by atoms with E-state index in [-0.39, 0.29) is 11.5 Å². The number of hydrogen-bond donors (Lipinski definition) is 1. The molecule has 0 spiro atoms. The Kier molecular flexibility index (Phi) is 9.37. The summed E-state index contributed by atoms with van der Waals surface area (Å²) in [4.78, 5) is 50.4. The highest BCUT2D eigenvalue weighted by atomic mass is 79.9. The van der Waals surface area contributed by atoms with Crippen molar-refractivity contribution in [3.63, 3.8) is 0 Å². The SMILES string of the molecule is CCOc1cc(/C=C2\SC(=O)N(CC(=O)Nc3ccccc3OC)C2=O)cc(Br)c1OCC(=O)OC. The highest BCUT2D eigenvalue weighted by molar-refractivity contribution is 9.10. The first-order chi connectivity index (χ1) is 17.3. The lowest BCUT2D eigenvalue weighted by Crippen LogP contribution is -2.36. The third kappa shape index (κ3) is 6.58. The van der Waals surface area contributed by atoms with Gasteiger partial charge in [0.15, 0.2) is 18.1 Å². The van der Waals surface area contributed by atoms with E-state index in [1.54, 1.807) is 43.3 Å². The van der Waals surface area contributed by atoms with Crippen LogP contribution in [-0.2, 0) is 19.1 Å². The zero-order valence-electron chi connectivity index (χ0n) is 19.7. The van der Waals surface area contributed by atoms with Crippen molar-refractivity contribution in [2.24, 2.45) is 0 Å². The van der Waals surface area contributed by atoms with Crippen LogP contribution in [0.4, 0.5) is 10.5 Å². The molecule has 0 aliphatic carbocycles. The van der Waals surface area contributed by atoms with Crippen LogP contribution in [0.25, 0.3) is 6.08 Å². The highest BCUT2D eigenvalue weighted by Gasteiger charge is 2.36. The van der Waals surface area contributed by atoms with Gasteiger partial charge in [0.05, 0.1) is 35.9 Å². The molecule has 2 aromatic carbocycles. The second kappa shape index (κ2) is 12.5. The molecule has 1 aliphatic heterocycles. The first-order valence-corrected chi connectivity index (χ1v) is 12.2. The minimum absolute atomic E-state index is 0.141. The maximum atomic E-state index is 12.9. The predicted octanol–water partition coefficient (Wildman–Crippen LogP) is 4.08. The van der Waals surface area contributed by atoms with Crippen molar-refractivity contribution in [3.8, 4) is 17.2 Å². The molecule has 0 saturated carbocycles. The second-order valence-corrected chi connectivity index (χ2v) is 8.99. The third-order valence-corrected chi connectivity index (χ3v) is 6.24. The molecule has 1 N–H and O–H groups in total. The molecule has 2 aromatic rings. The molecule has 12 heteroatoms. The van der Waals surface area contributed by atoms with Gasteiger partial charge in [-0.2, -0.15) is 0 Å². The summed E-state index contributed by atoms with van der Waals surface area (Å²) in [6.45, 7) is 1.34. The highest BCUT2D eigenvalue weighted by Crippen LogP contribution is 2.39. The second-order valence-electron chi connectivity index (χ2n) is 7.14. The lowest BCUT2D eigenvalue weighted by atomic mass is 10.2. The summed E-state index contributed by atoms with van der Waals surface area (Å²) >= 11 is 4.11. The number of amides is 3. The number of carbonyl (C=O) groups is 4. The van der Waals surface area contributed by atoms with E-state index in [4.69, 9.17) is 14.2 Å². The van der Waals surface area contributed by atoms with Gasteiger partial charge < -0.3 is 24.3 Å². The van der Waals surface area contributed by atoms with Gasteiger partial charge in [0.1, 0.15) is 12.3 Å². The van der Waals surface area contributed by atoms with Crippen molar-refractivity contribution < 1.29 is 38.1 Å². The van der Waals surface area contributed by atoms with Crippen molar-refractivity contribution in [3.05, 3.63) is 51.3 Å². The Morgan fingerprint density at radius 2 is 1.86 bits per heavy atom. The zero-order chi connectivity index (χ0) is 26.2. The van der Waals surface area contributed by atoms with Crippen molar-refractivity contribution in [1.29, 1.82) is 0 Å². The largest absolute Gasteiger partial charge is 0.495 e. The number of halogens is 1. The van der Waals surface area contributed by atoms with Gasteiger partial charge in [0.25, 0.3) is 11.1 Å². The fourth-order valence-corrected chi connectivity index (χ4v) is 4.55. The smallest absolute Gasteiger partial charge is 0.343 e. The monoisotopic (exact) mass is 578 g/mol. The van der Waals surface area contributed by atoms with E-state index in [0.717, 1.165) is 16.7 Å². The van der Waals surface area contributed by atoms with E-state index in [2.05, 4.69) is 26.0 Å². The van der Waals surface area contributed by atoms with E-state index < -0.39 is 29.6 Å². The Hall–Kier alpha value is -3.51. The Balaban J connectivity index is 1.77. The summed E-state index contributed by atoms with van der Waals surface area (Å²) in [6, 6.07) is 10.1. The molecule has 0 radical (unpaired) electrons. The summed E-state index contributed by atoms with van der Waals surface area (Å²) in [5.74, 6) is -0.624. The molecule has 190 valence electrons. The number of carbonyl (C=O) groups excluding carboxylic acids is 4. The number of ether oxygens (including phenoxy) is 4. The maximum Gasteiger partial charge on any atom is 0.343 e. The average Bonchev–Trinajstić information content (AvgIpc) is 3.11. The molecular weight excluding hydrogens is 556 g/mol. The van der Waals surface area contributed by atoms with Crippen LogP contribution >= 0.6 is 27.7 Å². The fourth-order valence-electron chi connectivity index (χ4n) is 3.13. The molecule has 36 heavy (non-hydrogen) atoms. The molecular formula is C24H23BrN2O8S. The molecule has 1 saturated heterocycles. The summed E-state index contributed by atoms with van der Waals surface area (Å²) in [5, 5.41) is 2.08. The van der Waals surface area contributed by atoms with Gasteiger partial charge in [-0.05, 0) is 70.5 Å². The number of nitrogens with zero attached hydrogens (tertiary/aromatic N) is 1. The maximum absolute atomic E-state index is 12.9. The predicted molar refractivity (Wildman–Crippen MR) is 137 cm³/mol. The first kappa shape index (κ1) is 27.1.